The average Bonchev–Trinajstić information content (AvgIpc) is 3.12. The molecule has 5 aromatic rings. The Bertz CT molecular complexity index is 1920. The van der Waals surface area contributed by atoms with Crippen LogP contribution in [-0.2, 0) is 36.0 Å². The summed E-state index contributed by atoms with van der Waals surface area (Å²) in [5, 5.41) is 19.3. The maximum atomic E-state index is 14.1. The number of carbonyl (C=O) groups is 4. The van der Waals surface area contributed by atoms with E-state index in [2.05, 4.69) is 26.1 Å². The van der Waals surface area contributed by atoms with Crippen molar-refractivity contribution in [3.05, 3.63) is 108 Å². The summed E-state index contributed by atoms with van der Waals surface area (Å²) >= 11 is 0. The second-order valence-electron chi connectivity index (χ2n) is 13.4. The molecule has 2 heterocycles. The number of para-hydroxylation sites is 2. The molecule has 0 saturated heterocycles. The van der Waals surface area contributed by atoms with Crippen molar-refractivity contribution in [1.29, 1.82) is 0 Å². The fourth-order valence-corrected chi connectivity index (χ4v) is 5.65. The highest BCUT2D eigenvalue weighted by Crippen LogP contribution is 2.30. The number of hydrogen-bond acceptors (Lipinski definition) is 8. The molecular weight excluding hydrogens is 646 g/mol. The van der Waals surface area contributed by atoms with Crippen LogP contribution in [0.4, 0.5) is 11.4 Å². The number of nitrogens with one attached hydrogen (secondary N) is 3. The summed E-state index contributed by atoms with van der Waals surface area (Å²) < 4.78 is 0. The fraction of sp³-hybridized carbons (Fsp3) is 0.300. The van der Waals surface area contributed by atoms with Gasteiger partial charge in [0.05, 0.1) is 22.3 Å². The first kappa shape index (κ1) is 36.8. The van der Waals surface area contributed by atoms with Crippen molar-refractivity contribution in [2.24, 2.45) is 0 Å². The van der Waals surface area contributed by atoms with Crippen molar-refractivity contribution in [2.75, 3.05) is 10.6 Å². The Hall–Kier alpha value is -5.52. The molecule has 3 aromatic carbocycles. The number of benzene rings is 3. The topological polar surface area (TPSA) is 160 Å². The summed E-state index contributed by atoms with van der Waals surface area (Å²) in [5.74, 6) is -2.06. The van der Waals surface area contributed by atoms with Gasteiger partial charge in [0.25, 0.3) is 5.91 Å². The molecule has 11 heteroatoms. The van der Waals surface area contributed by atoms with Crippen molar-refractivity contribution in [1.82, 2.24) is 15.4 Å². The second kappa shape index (κ2) is 16.5. The van der Waals surface area contributed by atoms with Gasteiger partial charge >= 0.3 is 0 Å². The summed E-state index contributed by atoms with van der Waals surface area (Å²) in [7, 11) is 0. The third-order valence-electron chi connectivity index (χ3n) is 8.30. The Balaban J connectivity index is 1.26. The van der Waals surface area contributed by atoms with Crippen molar-refractivity contribution in [2.45, 2.75) is 76.9 Å². The highest BCUT2D eigenvalue weighted by molar-refractivity contribution is 6.17. The average molecular weight is 690 g/mol. The van der Waals surface area contributed by atoms with E-state index in [1.807, 2.05) is 45.0 Å². The fourth-order valence-electron chi connectivity index (χ4n) is 5.65. The molecule has 5 rings (SSSR count). The Morgan fingerprint density at radius 1 is 0.686 bits per heavy atom. The number of fused-ring (bicyclic) bond motifs is 2. The number of unbranched alkanes of at least 4 members (excludes halogenated alkanes) is 3. The number of aromatic nitrogens is 2. The highest BCUT2D eigenvalue weighted by atomic mass is 16.7. The number of ketones is 1. The molecule has 1 atom stereocenters. The zero-order valence-electron chi connectivity index (χ0n) is 29.1. The van der Waals surface area contributed by atoms with Gasteiger partial charge in [0.2, 0.25) is 17.4 Å². The Morgan fingerprint density at radius 3 is 1.94 bits per heavy atom. The van der Waals surface area contributed by atoms with Gasteiger partial charge in [-0.15, -0.1) is 0 Å². The first-order chi connectivity index (χ1) is 24.4. The first-order valence-corrected chi connectivity index (χ1v) is 17.0. The number of rotatable bonds is 15. The van der Waals surface area contributed by atoms with E-state index in [-0.39, 0.29) is 30.2 Å². The lowest BCUT2D eigenvalue weighted by atomic mass is 9.84. The molecule has 0 aliphatic carbocycles. The Morgan fingerprint density at radius 2 is 1.27 bits per heavy atom. The van der Waals surface area contributed by atoms with Crippen molar-refractivity contribution in [3.8, 4) is 0 Å². The molecular formula is C40H43N5O6. The van der Waals surface area contributed by atoms with Gasteiger partial charge in [-0.05, 0) is 69.5 Å². The minimum atomic E-state index is -2.59. The Kier molecular flexibility index (Phi) is 11.9. The van der Waals surface area contributed by atoms with Crippen LogP contribution in [0, 0.1) is 0 Å². The molecule has 3 amide bonds. The first-order valence-electron chi connectivity index (χ1n) is 17.0. The van der Waals surface area contributed by atoms with Crippen LogP contribution in [0.2, 0.25) is 0 Å². The zero-order chi connectivity index (χ0) is 36.4. The van der Waals surface area contributed by atoms with E-state index < -0.39 is 22.9 Å². The van der Waals surface area contributed by atoms with E-state index in [0.717, 1.165) is 23.6 Å². The maximum absolute atomic E-state index is 14.1. The van der Waals surface area contributed by atoms with Crippen LogP contribution < -0.4 is 16.1 Å². The molecule has 4 N–H and O–H groups in total. The molecule has 1 unspecified atom stereocenters. The van der Waals surface area contributed by atoms with Crippen LogP contribution in [0.25, 0.3) is 21.8 Å². The van der Waals surface area contributed by atoms with E-state index in [4.69, 9.17) is 4.84 Å². The third kappa shape index (κ3) is 9.59. The van der Waals surface area contributed by atoms with Gasteiger partial charge in [-0.3, -0.25) is 34.0 Å². The minimum absolute atomic E-state index is 0.0429. The number of amides is 3. The lowest BCUT2D eigenvalue weighted by Gasteiger charge is -2.27. The van der Waals surface area contributed by atoms with E-state index >= 15 is 0 Å². The molecule has 0 spiro atoms. The number of hydrogen-bond donors (Lipinski definition) is 4. The van der Waals surface area contributed by atoms with E-state index in [0.29, 0.717) is 47.2 Å². The van der Waals surface area contributed by atoms with Crippen molar-refractivity contribution in [3.63, 3.8) is 0 Å². The SMILES string of the molecule is CC(C)(C)ONC(=O)CCCCCCC(=O)Nc1ccc(C(O)(C(=O)Cc2cccc3cccnc23)C(=O)Nc2cccc3cccnc23)cc1. The van der Waals surface area contributed by atoms with Crippen molar-refractivity contribution >= 4 is 56.7 Å². The number of carbonyl (C=O) groups excluding carboxylic acids is 4. The van der Waals surface area contributed by atoms with Crippen molar-refractivity contribution < 1.29 is 29.1 Å². The van der Waals surface area contributed by atoms with Crippen LogP contribution >= 0.6 is 0 Å². The predicted octanol–water partition coefficient (Wildman–Crippen LogP) is 6.55. The Labute approximate surface area is 296 Å². The summed E-state index contributed by atoms with van der Waals surface area (Å²) in [6.45, 7) is 5.56. The number of Topliss-reactive ketones (excluding diaryl/α,β-unsaturated/α-hetero) is 1. The van der Waals surface area contributed by atoms with Gasteiger partial charge in [0.15, 0.2) is 5.78 Å². The van der Waals surface area contributed by atoms with Gasteiger partial charge in [0.1, 0.15) is 0 Å². The number of aliphatic hydroxyl groups is 1. The minimum Gasteiger partial charge on any atom is -0.370 e. The number of pyridine rings is 2. The molecule has 51 heavy (non-hydrogen) atoms. The van der Waals surface area contributed by atoms with Gasteiger partial charge < -0.3 is 15.7 Å². The molecule has 2 aromatic heterocycles. The third-order valence-corrected chi connectivity index (χ3v) is 8.30. The molecule has 0 aliphatic heterocycles. The molecule has 0 radical (unpaired) electrons. The summed E-state index contributed by atoms with van der Waals surface area (Å²) in [5.41, 5.74) is 1.92. The number of nitrogens with zero attached hydrogens (tertiary/aromatic N) is 2. The largest absolute Gasteiger partial charge is 0.370 e. The number of hydroxylamine groups is 1. The van der Waals surface area contributed by atoms with Gasteiger partial charge in [-0.1, -0.05) is 67.4 Å². The lowest BCUT2D eigenvalue weighted by Crippen LogP contribution is -2.48. The van der Waals surface area contributed by atoms with Gasteiger partial charge in [0, 0.05) is 53.7 Å². The molecule has 0 bridgehead atoms. The second-order valence-corrected chi connectivity index (χ2v) is 13.4. The standard InChI is InChI=1S/C40H43N5O6/c1-39(2,3)51-45-35(48)19-7-5-4-6-18-34(47)43-31-22-20-30(21-23-31)40(50,33(46)26-29-14-8-12-27-15-10-24-41-36(27)29)38(49)44-32-17-9-13-28-16-11-25-42-37(28)32/h8-17,20-25,50H,4-7,18-19,26H2,1-3H3,(H,43,47)(H,44,49)(H,45,48). The smallest absolute Gasteiger partial charge is 0.269 e. The van der Waals surface area contributed by atoms with Gasteiger partial charge in [-0.2, -0.15) is 0 Å². The monoisotopic (exact) mass is 689 g/mol. The predicted molar refractivity (Wildman–Crippen MR) is 196 cm³/mol. The van der Waals surface area contributed by atoms with Crippen LogP contribution in [0.3, 0.4) is 0 Å². The summed E-state index contributed by atoms with van der Waals surface area (Å²) in [6, 6.07) is 24.0. The molecule has 0 saturated carbocycles. The van der Waals surface area contributed by atoms with E-state index in [1.54, 1.807) is 60.9 Å². The van der Waals surface area contributed by atoms with Gasteiger partial charge in [-0.25, -0.2) is 5.48 Å². The number of anilines is 2. The highest BCUT2D eigenvalue weighted by Gasteiger charge is 2.45. The molecule has 0 fully saturated rings. The van der Waals surface area contributed by atoms with E-state index in [9.17, 15) is 24.3 Å². The van der Waals surface area contributed by atoms with Crippen LogP contribution in [0.5, 0.6) is 0 Å². The summed E-state index contributed by atoms with van der Waals surface area (Å²) in [4.78, 5) is 66.8. The lowest BCUT2D eigenvalue weighted by molar-refractivity contribution is -0.149. The zero-order valence-corrected chi connectivity index (χ0v) is 29.1. The molecule has 11 nitrogen and oxygen atoms in total. The normalized spacial score (nSPS) is 12.6. The molecule has 0 aliphatic rings. The van der Waals surface area contributed by atoms with Crippen LogP contribution in [0.15, 0.2) is 97.3 Å². The van der Waals surface area contributed by atoms with Crippen LogP contribution in [-0.4, -0.2) is 44.2 Å². The summed E-state index contributed by atoms with van der Waals surface area (Å²) in [6.07, 6.45) is 6.49. The van der Waals surface area contributed by atoms with E-state index in [1.165, 1.54) is 12.1 Å². The maximum Gasteiger partial charge on any atom is 0.269 e. The van der Waals surface area contributed by atoms with Crippen LogP contribution in [0.1, 0.15) is 70.4 Å². The quantitative estimate of drug-likeness (QED) is 0.0547. The molecule has 264 valence electrons.